The number of hydrazine groups is 1. The number of carbonyl (C=O) groups excluding carboxylic acids is 2. The molecule has 2 amide bonds. The molecule has 0 radical (unpaired) electrons. The molecule has 0 unspecified atom stereocenters. The van der Waals surface area contributed by atoms with Gasteiger partial charge < -0.3 is 4.74 Å². The van der Waals surface area contributed by atoms with Crippen molar-refractivity contribution in [2.45, 2.75) is 13.8 Å². The van der Waals surface area contributed by atoms with Gasteiger partial charge >= 0.3 is 0 Å². The summed E-state index contributed by atoms with van der Waals surface area (Å²) in [7, 11) is 0. The van der Waals surface area contributed by atoms with Crippen molar-refractivity contribution in [3.05, 3.63) is 65.0 Å². The van der Waals surface area contributed by atoms with E-state index in [0.717, 1.165) is 23.3 Å². The number of ether oxygens (including phenoxy) is 1. The molecule has 3 N–H and O–H groups in total. The summed E-state index contributed by atoms with van der Waals surface area (Å²) in [5.74, 6) is -0.831. The molecule has 0 spiro atoms. The van der Waals surface area contributed by atoms with Gasteiger partial charge in [-0.15, -0.1) is 0 Å². The lowest BCUT2D eigenvalue weighted by atomic mass is 10.1. The number of amides is 2. The first-order valence-corrected chi connectivity index (χ1v) is 8.12. The van der Waals surface area contributed by atoms with Crippen molar-refractivity contribution in [1.29, 1.82) is 0 Å². The van der Waals surface area contributed by atoms with E-state index in [1.165, 1.54) is 12.1 Å². The topological polar surface area (TPSA) is 79.5 Å². The van der Waals surface area contributed by atoms with Crippen LogP contribution in [0.4, 0.5) is 4.39 Å². The highest BCUT2D eigenvalue weighted by atomic mass is 32.1. The number of nitrogens with one attached hydrogen (secondary N) is 3. The maximum absolute atomic E-state index is 12.8. The fourth-order valence-electron chi connectivity index (χ4n) is 2.07. The van der Waals surface area contributed by atoms with E-state index in [0.29, 0.717) is 5.75 Å². The summed E-state index contributed by atoms with van der Waals surface area (Å²) >= 11 is 4.91. The Morgan fingerprint density at radius 2 is 1.77 bits per heavy atom. The van der Waals surface area contributed by atoms with Crippen LogP contribution in [0, 0.1) is 19.7 Å². The summed E-state index contributed by atoms with van der Waals surface area (Å²) in [5, 5.41) is 2.27. The summed E-state index contributed by atoms with van der Waals surface area (Å²) in [4.78, 5) is 23.7. The lowest BCUT2D eigenvalue weighted by molar-refractivity contribution is -0.123. The van der Waals surface area contributed by atoms with Gasteiger partial charge in [-0.05, 0) is 62.0 Å². The van der Waals surface area contributed by atoms with Crippen molar-refractivity contribution in [1.82, 2.24) is 16.2 Å². The SMILES string of the molecule is Cc1ccc(OCC(=O)NNC(=S)NC(=O)c2ccc(F)cc2)c(C)c1. The van der Waals surface area contributed by atoms with Gasteiger partial charge in [-0.1, -0.05) is 17.7 Å². The average molecular weight is 375 g/mol. The zero-order valence-electron chi connectivity index (χ0n) is 14.3. The van der Waals surface area contributed by atoms with Gasteiger partial charge in [0.05, 0.1) is 0 Å². The lowest BCUT2D eigenvalue weighted by Gasteiger charge is -2.12. The Bertz CT molecular complexity index is 825. The molecule has 136 valence electrons. The Labute approximate surface area is 155 Å². The molecule has 0 bridgehead atoms. The molecule has 0 saturated carbocycles. The van der Waals surface area contributed by atoms with Crippen LogP contribution in [0.15, 0.2) is 42.5 Å². The number of halogens is 1. The van der Waals surface area contributed by atoms with Crippen LogP contribution in [0.3, 0.4) is 0 Å². The van der Waals surface area contributed by atoms with Crippen LogP contribution in [0.2, 0.25) is 0 Å². The van der Waals surface area contributed by atoms with E-state index in [1.54, 1.807) is 6.07 Å². The number of aryl methyl sites for hydroxylation is 2. The summed E-state index contributed by atoms with van der Waals surface area (Å²) in [6.45, 7) is 3.64. The predicted molar refractivity (Wildman–Crippen MR) is 99.2 cm³/mol. The van der Waals surface area contributed by atoms with Crippen molar-refractivity contribution in [3.63, 3.8) is 0 Å². The zero-order chi connectivity index (χ0) is 19.1. The fourth-order valence-corrected chi connectivity index (χ4v) is 2.22. The molecule has 2 aromatic rings. The average Bonchev–Trinajstić information content (AvgIpc) is 2.59. The van der Waals surface area contributed by atoms with Crippen LogP contribution in [0.5, 0.6) is 5.75 Å². The van der Waals surface area contributed by atoms with Crippen molar-refractivity contribution in [3.8, 4) is 5.75 Å². The molecule has 0 fully saturated rings. The highest BCUT2D eigenvalue weighted by Crippen LogP contribution is 2.18. The van der Waals surface area contributed by atoms with Gasteiger partial charge in [0.1, 0.15) is 11.6 Å². The second-order valence-corrected chi connectivity index (χ2v) is 5.93. The molecule has 2 aromatic carbocycles. The van der Waals surface area contributed by atoms with Crippen LogP contribution in [0.1, 0.15) is 21.5 Å². The molecule has 0 aliphatic heterocycles. The number of hydrogen-bond donors (Lipinski definition) is 3. The molecule has 0 heterocycles. The smallest absolute Gasteiger partial charge is 0.276 e. The Morgan fingerprint density at radius 3 is 2.42 bits per heavy atom. The number of carbonyl (C=O) groups is 2. The number of benzene rings is 2. The van der Waals surface area contributed by atoms with Crippen molar-refractivity contribution < 1.29 is 18.7 Å². The second-order valence-electron chi connectivity index (χ2n) is 5.52. The van der Waals surface area contributed by atoms with E-state index in [9.17, 15) is 14.0 Å². The van der Waals surface area contributed by atoms with Gasteiger partial charge in [0.2, 0.25) is 0 Å². The second kappa shape index (κ2) is 8.91. The third-order valence-corrected chi connectivity index (χ3v) is 3.54. The number of rotatable bonds is 4. The van der Waals surface area contributed by atoms with Gasteiger partial charge in [0, 0.05) is 5.56 Å². The highest BCUT2D eigenvalue weighted by molar-refractivity contribution is 7.80. The molecule has 0 saturated heterocycles. The van der Waals surface area contributed by atoms with Gasteiger partial charge in [-0.3, -0.25) is 25.8 Å². The Morgan fingerprint density at radius 1 is 1.08 bits per heavy atom. The summed E-state index contributed by atoms with van der Waals surface area (Å²) in [5.41, 5.74) is 6.98. The Kier molecular flexibility index (Phi) is 6.62. The normalized spacial score (nSPS) is 9.96. The predicted octanol–water partition coefficient (Wildman–Crippen LogP) is 2.16. The van der Waals surface area contributed by atoms with E-state index in [2.05, 4.69) is 16.2 Å². The first-order valence-electron chi connectivity index (χ1n) is 7.71. The zero-order valence-corrected chi connectivity index (χ0v) is 15.1. The minimum absolute atomic E-state index is 0.0980. The monoisotopic (exact) mass is 375 g/mol. The number of hydrogen-bond acceptors (Lipinski definition) is 4. The van der Waals surface area contributed by atoms with Crippen molar-refractivity contribution >= 4 is 29.1 Å². The van der Waals surface area contributed by atoms with Crippen LogP contribution in [-0.2, 0) is 4.79 Å². The molecule has 8 heteroatoms. The molecule has 0 aliphatic carbocycles. The highest BCUT2D eigenvalue weighted by Gasteiger charge is 2.09. The number of thiocarbonyl (C=S) groups is 1. The summed E-state index contributed by atoms with van der Waals surface area (Å²) in [6.07, 6.45) is 0. The maximum Gasteiger partial charge on any atom is 0.276 e. The Hall–Kier alpha value is -3.00. The van der Waals surface area contributed by atoms with E-state index in [-0.39, 0.29) is 17.3 Å². The molecular weight excluding hydrogens is 357 g/mol. The van der Waals surface area contributed by atoms with Crippen LogP contribution < -0.4 is 20.9 Å². The quantitative estimate of drug-likeness (QED) is 0.564. The third kappa shape index (κ3) is 5.82. The van der Waals surface area contributed by atoms with Crippen molar-refractivity contribution in [2.24, 2.45) is 0 Å². The van der Waals surface area contributed by atoms with Gasteiger partial charge in [0.15, 0.2) is 11.7 Å². The maximum atomic E-state index is 12.8. The van der Waals surface area contributed by atoms with Crippen LogP contribution in [0.25, 0.3) is 0 Å². The molecule has 0 atom stereocenters. The third-order valence-electron chi connectivity index (χ3n) is 3.34. The molecular formula is C18H18FN3O3S. The molecule has 6 nitrogen and oxygen atoms in total. The van der Waals surface area contributed by atoms with Gasteiger partial charge in [-0.25, -0.2) is 4.39 Å². The molecule has 0 aliphatic rings. The summed E-state index contributed by atoms with van der Waals surface area (Å²) in [6, 6.07) is 10.6. The van der Waals surface area contributed by atoms with Crippen molar-refractivity contribution in [2.75, 3.05) is 6.61 Å². The molecule has 26 heavy (non-hydrogen) atoms. The fraction of sp³-hybridized carbons (Fsp3) is 0.167. The largest absolute Gasteiger partial charge is 0.483 e. The minimum atomic E-state index is -0.525. The van der Waals surface area contributed by atoms with Gasteiger partial charge in [-0.2, -0.15) is 0 Å². The van der Waals surface area contributed by atoms with E-state index < -0.39 is 17.6 Å². The standard InChI is InChI=1S/C18H18FN3O3S/c1-11-3-8-15(12(2)9-11)25-10-16(23)21-22-18(26)20-17(24)13-4-6-14(19)7-5-13/h3-9H,10H2,1-2H3,(H,21,23)(H2,20,22,24,26). The lowest BCUT2D eigenvalue weighted by Crippen LogP contribution is -2.49. The van der Waals surface area contributed by atoms with Crippen LogP contribution in [-0.4, -0.2) is 23.5 Å². The Balaban J connectivity index is 1.75. The van der Waals surface area contributed by atoms with E-state index in [4.69, 9.17) is 17.0 Å². The summed E-state index contributed by atoms with van der Waals surface area (Å²) < 4.78 is 18.3. The van der Waals surface area contributed by atoms with E-state index in [1.807, 2.05) is 26.0 Å². The van der Waals surface area contributed by atoms with Gasteiger partial charge in [0.25, 0.3) is 11.8 Å². The first-order chi connectivity index (χ1) is 12.3. The minimum Gasteiger partial charge on any atom is -0.483 e. The van der Waals surface area contributed by atoms with Crippen LogP contribution >= 0.6 is 12.2 Å². The first kappa shape index (κ1) is 19.3. The molecule has 2 rings (SSSR count). The molecule has 0 aromatic heterocycles. The van der Waals surface area contributed by atoms with E-state index >= 15 is 0 Å².